The van der Waals surface area contributed by atoms with Crippen molar-refractivity contribution in [1.29, 1.82) is 5.26 Å². The van der Waals surface area contributed by atoms with Gasteiger partial charge in [0.2, 0.25) is 6.39 Å². The first kappa shape index (κ1) is 15.1. The molecule has 0 aromatic carbocycles. The summed E-state index contributed by atoms with van der Waals surface area (Å²) in [4.78, 5) is 8.42. The highest BCUT2D eigenvalue weighted by atomic mass is 19.4. The van der Waals surface area contributed by atoms with Gasteiger partial charge in [-0.05, 0) is 19.1 Å². The zero-order valence-electron chi connectivity index (χ0n) is 12.5. The van der Waals surface area contributed by atoms with Gasteiger partial charge in [0, 0.05) is 17.3 Å². The molecule has 0 spiro atoms. The summed E-state index contributed by atoms with van der Waals surface area (Å²) in [6.45, 7) is 1.47. The number of aryl methyl sites for hydroxylation is 1. The zero-order valence-corrected chi connectivity index (χ0v) is 12.5. The van der Waals surface area contributed by atoms with Gasteiger partial charge in [-0.25, -0.2) is 9.97 Å². The van der Waals surface area contributed by atoms with Crippen LogP contribution < -0.4 is 0 Å². The minimum atomic E-state index is -4.58. The lowest BCUT2D eigenvalue weighted by molar-refractivity contribution is -0.136. The van der Waals surface area contributed by atoms with Crippen molar-refractivity contribution in [2.75, 3.05) is 0 Å². The molecule has 4 heterocycles. The summed E-state index contributed by atoms with van der Waals surface area (Å²) in [5, 5.41) is 16.4. The predicted molar refractivity (Wildman–Crippen MR) is 78.2 cm³/mol. The maximum Gasteiger partial charge on any atom is 0.417 e. The standard InChI is InChI=1S/C15H7F3N6O/c1-7-2-10(15(16,17)18)9-3-8(4-19)12-22-11(14-23-20-6-25-14)5-24(12)13(9)21-7/h2-3,5-6H,1H3. The van der Waals surface area contributed by atoms with Gasteiger partial charge in [-0.2, -0.15) is 18.4 Å². The van der Waals surface area contributed by atoms with E-state index in [-0.39, 0.29) is 39.5 Å². The van der Waals surface area contributed by atoms with E-state index >= 15 is 0 Å². The van der Waals surface area contributed by atoms with Crippen LogP contribution in [0.3, 0.4) is 0 Å². The maximum atomic E-state index is 13.4. The van der Waals surface area contributed by atoms with E-state index in [1.54, 1.807) is 0 Å². The molecule has 0 aliphatic rings. The van der Waals surface area contributed by atoms with Gasteiger partial charge in [-0.3, -0.25) is 4.40 Å². The van der Waals surface area contributed by atoms with E-state index in [0.29, 0.717) is 0 Å². The van der Waals surface area contributed by atoms with Crippen molar-refractivity contribution in [2.24, 2.45) is 0 Å². The van der Waals surface area contributed by atoms with Crippen LogP contribution in [0.1, 0.15) is 16.8 Å². The molecular formula is C15H7F3N6O. The minimum absolute atomic E-state index is 0.0191. The molecule has 25 heavy (non-hydrogen) atoms. The number of pyridine rings is 2. The molecule has 10 heteroatoms. The minimum Gasteiger partial charge on any atom is -0.422 e. The highest BCUT2D eigenvalue weighted by molar-refractivity contribution is 5.86. The summed E-state index contributed by atoms with van der Waals surface area (Å²) < 4.78 is 46.6. The van der Waals surface area contributed by atoms with Crippen molar-refractivity contribution in [3.05, 3.63) is 41.5 Å². The Morgan fingerprint density at radius 2 is 2.00 bits per heavy atom. The number of aromatic nitrogens is 5. The van der Waals surface area contributed by atoms with E-state index in [1.807, 2.05) is 6.07 Å². The second-order valence-corrected chi connectivity index (χ2v) is 5.28. The average molecular weight is 344 g/mol. The van der Waals surface area contributed by atoms with Crippen molar-refractivity contribution in [3.63, 3.8) is 0 Å². The molecule has 0 fully saturated rings. The number of fused-ring (bicyclic) bond motifs is 3. The normalized spacial score (nSPS) is 12.0. The molecule has 0 unspecified atom stereocenters. The maximum absolute atomic E-state index is 13.4. The summed E-state index contributed by atoms with van der Waals surface area (Å²) in [5.41, 5.74) is -0.248. The Morgan fingerprint density at radius 1 is 1.20 bits per heavy atom. The largest absolute Gasteiger partial charge is 0.422 e. The fourth-order valence-electron chi connectivity index (χ4n) is 2.64. The Labute approximate surface area is 137 Å². The number of halogens is 3. The van der Waals surface area contributed by atoms with E-state index in [0.717, 1.165) is 18.5 Å². The van der Waals surface area contributed by atoms with Crippen LogP contribution >= 0.6 is 0 Å². The molecule has 0 radical (unpaired) electrons. The fourth-order valence-corrected chi connectivity index (χ4v) is 2.64. The SMILES string of the molecule is Cc1cc(C(F)(F)F)c2cc(C#N)c3nc(-c4nnco4)cn3c2n1. The number of alkyl halides is 3. The number of hydrogen-bond acceptors (Lipinski definition) is 6. The lowest BCUT2D eigenvalue weighted by Gasteiger charge is -2.12. The third-order valence-corrected chi connectivity index (χ3v) is 3.64. The Balaban J connectivity index is 2.16. The van der Waals surface area contributed by atoms with Gasteiger partial charge >= 0.3 is 6.18 Å². The molecule has 0 N–H and O–H groups in total. The molecule has 7 nitrogen and oxygen atoms in total. The summed E-state index contributed by atoms with van der Waals surface area (Å²) in [5.74, 6) is 0.0874. The molecule has 0 aliphatic heterocycles. The fraction of sp³-hybridized carbons (Fsp3) is 0.133. The number of imidazole rings is 1. The highest BCUT2D eigenvalue weighted by Crippen LogP contribution is 2.36. The van der Waals surface area contributed by atoms with E-state index < -0.39 is 11.7 Å². The van der Waals surface area contributed by atoms with Gasteiger partial charge in [0.1, 0.15) is 17.4 Å². The van der Waals surface area contributed by atoms with Gasteiger partial charge in [0.25, 0.3) is 5.89 Å². The van der Waals surface area contributed by atoms with E-state index in [9.17, 15) is 18.4 Å². The van der Waals surface area contributed by atoms with Crippen LogP contribution in [0.25, 0.3) is 28.3 Å². The monoisotopic (exact) mass is 344 g/mol. The molecule has 0 aliphatic carbocycles. The third-order valence-electron chi connectivity index (χ3n) is 3.64. The topological polar surface area (TPSA) is 92.9 Å². The second-order valence-electron chi connectivity index (χ2n) is 5.28. The number of hydrogen-bond donors (Lipinski definition) is 0. The first-order valence-electron chi connectivity index (χ1n) is 6.96. The molecule has 0 bridgehead atoms. The Hall–Kier alpha value is -3.48. The molecular weight excluding hydrogens is 337 g/mol. The summed E-state index contributed by atoms with van der Waals surface area (Å²) >= 11 is 0. The first-order valence-corrected chi connectivity index (χ1v) is 6.96. The van der Waals surface area contributed by atoms with Gasteiger partial charge in [-0.15, -0.1) is 10.2 Å². The second kappa shape index (κ2) is 5.01. The van der Waals surface area contributed by atoms with Gasteiger partial charge < -0.3 is 4.42 Å². The van der Waals surface area contributed by atoms with Crippen molar-refractivity contribution < 1.29 is 17.6 Å². The molecule has 0 atom stereocenters. The first-order chi connectivity index (χ1) is 11.9. The van der Waals surface area contributed by atoms with Crippen molar-refractivity contribution >= 4 is 16.7 Å². The molecule has 0 saturated carbocycles. The molecule has 4 aromatic rings. The van der Waals surface area contributed by atoms with E-state index in [4.69, 9.17) is 4.42 Å². The summed E-state index contributed by atoms with van der Waals surface area (Å²) in [7, 11) is 0. The van der Waals surface area contributed by atoms with Crippen molar-refractivity contribution in [2.45, 2.75) is 13.1 Å². The Bertz CT molecular complexity index is 1150. The molecule has 0 saturated heterocycles. The Morgan fingerprint density at radius 3 is 2.64 bits per heavy atom. The lowest BCUT2D eigenvalue weighted by atomic mass is 10.1. The van der Waals surface area contributed by atoms with E-state index in [1.165, 1.54) is 17.5 Å². The van der Waals surface area contributed by atoms with Crippen LogP contribution in [0.4, 0.5) is 13.2 Å². The number of nitriles is 1. The van der Waals surface area contributed by atoms with Crippen LogP contribution in [0, 0.1) is 18.3 Å². The van der Waals surface area contributed by atoms with Crippen LogP contribution in [-0.2, 0) is 6.18 Å². The van der Waals surface area contributed by atoms with Crippen LogP contribution in [0.2, 0.25) is 0 Å². The summed E-state index contributed by atoms with van der Waals surface area (Å²) in [6.07, 6.45) is -2.06. The number of rotatable bonds is 1. The smallest absolute Gasteiger partial charge is 0.417 e. The predicted octanol–water partition coefficient (Wildman–Crippen LogP) is 3.13. The van der Waals surface area contributed by atoms with Crippen LogP contribution in [0.5, 0.6) is 0 Å². The van der Waals surface area contributed by atoms with Crippen molar-refractivity contribution in [1.82, 2.24) is 24.6 Å². The van der Waals surface area contributed by atoms with Gasteiger partial charge in [0.05, 0.1) is 11.1 Å². The lowest BCUT2D eigenvalue weighted by Crippen LogP contribution is -2.09. The third kappa shape index (κ3) is 2.28. The highest BCUT2D eigenvalue weighted by Gasteiger charge is 2.34. The van der Waals surface area contributed by atoms with E-state index in [2.05, 4.69) is 20.2 Å². The van der Waals surface area contributed by atoms with Gasteiger partial charge in [-0.1, -0.05) is 0 Å². The van der Waals surface area contributed by atoms with Crippen LogP contribution in [-0.4, -0.2) is 24.6 Å². The van der Waals surface area contributed by atoms with Crippen molar-refractivity contribution in [3.8, 4) is 17.7 Å². The summed E-state index contributed by atoms with van der Waals surface area (Å²) in [6, 6.07) is 3.96. The van der Waals surface area contributed by atoms with Crippen LogP contribution in [0.15, 0.2) is 29.1 Å². The molecule has 124 valence electrons. The van der Waals surface area contributed by atoms with Gasteiger partial charge in [0.15, 0.2) is 5.65 Å². The average Bonchev–Trinajstić information content (AvgIpc) is 3.21. The number of nitrogens with zero attached hydrogens (tertiary/aromatic N) is 6. The molecule has 4 aromatic heterocycles. The molecule has 4 rings (SSSR count). The Kier molecular flexibility index (Phi) is 3.02. The zero-order chi connectivity index (χ0) is 17.8. The molecule has 0 amide bonds. The quantitative estimate of drug-likeness (QED) is 0.527.